The molecule has 0 fully saturated rings. The summed E-state index contributed by atoms with van der Waals surface area (Å²) in [6, 6.07) is 35.3. The number of pyridine rings is 2. The van der Waals surface area contributed by atoms with Gasteiger partial charge in [-0.1, -0.05) is 54.6 Å². The molecule has 0 amide bonds. The van der Waals surface area contributed by atoms with Crippen LogP contribution in [0.4, 0.5) is 17.1 Å². The molecule has 0 aliphatic heterocycles. The largest absolute Gasteiger partial charge is 0.438 e. The van der Waals surface area contributed by atoms with Gasteiger partial charge in [0.2, 0.25) is 11.4 Å². The summed E-state index contributed by atoms with van der Waals surface area (Å²) in [5.41, 5.74) is 5.82. The minimum Gasteiger partial charge on any atom is -0.438 e. The van der Waals surface area contributed by atoms with E-state index in [1.54, 1.807) is 6.20 Å². The molecule has 5 nitrogen and oxygen atoms in total. The molecule has 8 aromatic rings. The molecule has 0 bridgehead atoms. The summed E-state index contributed by atoms with van der Waals surface area (Å²) in [5, 5.41) is 6.36. The molecule has 4 heterocycles. The zero-order valence-corrected chi connectivity index (χ0v) is 19.6. The van der Waals surface area contributed by atoms with Gasteiger partial charge < -0.3 is 13.7 Å². The highest BCUT2D eigenvalue weighted by atomic mass is 16.3. The van der Waals surface area contributed by atoms with Gasteiger partial charge in [-0.2, -0.15) is 0 Å². The predicted molar refractivity (Wildman–Crippen MR) is 149 cm³/mol. The SMILES string of the molecule is c1ccc2cc(N(c3cnc4oc5ccccc5c4c3)c3cccc4oc5ncccc5c34)ccc2c1. The van der Waals surface area contributed by atoms with Crippen LogP contribution in [0.2, 0.25) is 0 Å². The molecule has 37 heavy (non-hydrogen) atoms. The molecular weight excluding hydrogens is 458 g/mol. The normalized spacial score (nSPS) is 11.8. The lowest BCUT2D eigenvalue weighted by molar-refractivity contribution is 0.653. The highest BCUT2D eigenvalue weighted by Crippen LogP contribution is 2.43. The first-order valence-electron chi connectivity index (χ1n) is 12.2. The molecule has 0 N–H and O–H groups in total. The Labute approximate surface area is 211 Å². The van der Waals surface area contributed by atoms with Crippen molar-refractivity contribution in [2.75, 3.05) is 4.90 Å². The van der Waals surface area contributed by atoms with Crippen molar-refractivity contribution >= 4 is 72.0 Å². The lowest BCUT2D eigenvalue weighted by Gasteiger charge is -2.26. The highest BCUT2D eigenvalue weighted by molar-refractivity contribution is 6.13. The molecule has 4 aromatic heterocycles. The lowest BCUT2D eigenvalue weighted by Crippen LogP contribution is -2.10. The molecule has 4 aromatic carbocycles. The van der Waals surface area contributed by atoms with E-state index >= 15 is 0 Å². The Kier molecular flexibility index (Phi) is 4.16. The zero-order valence-electron chi connectivity index (χ0n) is 19.6. The van der Waals surface area contributed by atoms with Gasteiger partial charge in [0.15, 0.2) is 0 Å². The summed E-state index contributed by atoms with van der Waals surface area (Å²) in [5.74, 6) is 0. The molecular formula is C32H19N3O2. The summed E-state index contributed by atoms with van der Waals surface area (Å²) in [6.07, 6.45) is 3.63. The molecule has 0 unspecified atom stereocenters. The molecule has 5 heteroatoms. The fraction of sp³-hybridized carbons (Fsp3) is 0. The Bertz CT molecular complexity index is 2120. The van der Waals surface area contributed by atoms with Gasteiger partial charge in [0.1, 0.15) is 11.2 Å². The van der Waals surface area contributed by atoms with Gasteiger partial charge in [-0.05, 0) is 59.3 Å². The molecule has 0 aliphatic carbocycles. The van der Waals surface area contributed by atoms with Crippen LogP contribution in [0.3, 0.4) is 0 Å². The maximum absolute atomic E-state index is 6.13. The minimum absolute atomic E-state index is 0.623. The van der Waals surface area contributed by atoms with E-state index in [2.05, 4.69) is 76.6 Å². The standard InChI is InChI=1S/C32H19N3O2/c1-2-8-21-17-22(15-14-20(21)7-1)35(23-18-26-24-9-3-4-12-28(24)36-32(26)34-19-23)27-11-5-13-29-30(27)25-10-6-16-33-31(25)37-29/h1-19H. The number of rotatable bonds is 3. The van der Waals surface area contributed by atoms with Crippen LogP contribution < -0.4 is 4.90 Å². The van der Waals surface area contributed by atoms with Crippen molar-refractivity contribution in [3.8, 4) is 0 Å². The van der Waals surface area contributed by atoms with Crippen molar-refractivity contribution in [3.05, 3.63) is 116 Å². The van der Waals surface area contributed by atoms with Crippen LogP contribution in [-0.2, 0) is 0 Å². The van der Waals surface area contributed by atoms with Gasteiger partial charge in [0.05, 0.1) is 33.7 Å². The number of fused-ring (bicyclic) bond motifs is 7. The number of hydrogen-bond donors (Lipinski definition) is 0. The molecule has 174 valence electrons. The summed E-state index contributed by atoms with van der Waals surface area (Å²) in [4.78, 5) is 11.4. The van der Waals surface area contributed by atoms with Crippen molar-refractivity contribution < 1.29 is 8.83 Å². The Balaban J connectivity index is 1.45. The van der Waals surface area contributed by atoms with Crippen LogP contribution in [0.1, 0.15) is 0 Å². The summed E-state index contributed by atoms with van der Waals surface area (Å²) >= 11 is 0. The fourth-order valence-corrected chi connectivity index (χ4v) is 5.29. The first-order valence-corrected chi connectivity index (χ1v) is 12.2. The first kappa shape index (κ1) is 20.1. The van der Waals surface area contributed by atoms with E-state index in [1.807, 2.05) is 42.6 Å². The van der Waals surface area contributed by atoms with Crippen molar-refractivity contribution in [2.45, 2.75) is 0 Å². The van der Waals surface area contributed by atoms with Crippen LogP contribution in [0.5, 0.6) is 0 Å². The molecule has 8 rings (SSSR count). The van der Waals surface area contributed by atoms with E-state index in [-0.39, 0.29) is 0 Å². The van der Waals surface area contributed by atoms with E-state index in [4.69, 9.17) is 13.8 Å². The Hall–Kier alpha value is -5.16. The van der Waals surface area contributed by atoms with E-state index in [1.165, 1.54) is 10.8 Å². The number of para-hydroxylation sites is 1. The van der Waals surface area contributed by atoms with E-state index in [9.17, 15) is 0 Å². The second-order valence-electron chi connectivity index (χ2n) is 9.12. The number of anilines is 3. The van der Waals surface area contributed by atoms with E-state index in [0.717, 1.165) is 49.8 Å². The molecule has 0 spiro atoms. The Morgan fingerprint density at radius 1 is 0.541 bits per heavy atom. The monoisotopic (exact) mass is 477 g/mol. The second kappa shape index (κ2) is 7.67. The van der Waals surface area contributed by atoms with Gasteiger partial charge in [0.25, 0.3) is 0 Å². The van der Waals surface area contributed by atoms with Crippen LogP contribution in [0.25, 0.3) is 54.9 Å². The van der Waals surface area contributed by atoms with Gasteiger partial charge in [-0.15, -0.1) is 0 Å². The van der Waals surface area contributed by atoms with Crippen molar-refractivity contribution in [1.29, 1.82) is 0 Å². The van der Waals surface area contributed by atoms with E-state index < -0.39 is 0 Å². The quantitative estimate of drug-likeness (QED) is 0.254. The van der Waals surface area contributed by atoms with Crippen LogP contribution in [0.15, 0.2) is 124 Å². The third-order valence-electron chi connectivity index (χ3n) is 6.96. The summed E-state index contributed by atoms with van der Waals surface area (Å²) in [6.45, 7) is 0. The third kappa shape index (κ3) is 3.04. The number of benzene rings is 4. The highest BCUT2D eigenvalue weighted by Gasteiger charge is 2.21. The fourth-order valence-electron chi connectivity index (χ4n) is 5.29. The number of nitrogens with zero attached hydrogens (tertiary/aromatic N) is 3. The average molecular weight is 478 g/mol. The van der Waals surface area contributed by atoms with Crippen molar-refractivity contribution in [1.82, 2.24) is 9.97 Å². The smallest absolute Gasteiger partial charge is 0.227 e. The molecule has 0 radical (unpaired) electrons. The van der Waals surface area contributed by atoms with Crippen LogP contribution in [-0.4, -0.2) is 9.97 Å². The van der Waals surface area contributed by atoms with Gasteiger partial charge in [-0.25, -0.2) is 9.97 Å². The van der Waals surface area contributed by atoms with Gasteiger partial charge in [0, 0.05) is 17.3 Å². The molecule has 0 saturated heterocycles. The summed E-state index contributed by atoms with van der Waals surface area (Å²) in [7, 11) is 0. The maximum Gasteiger partial charge on any atom is 0.227 e. The zero-order chi connectivity index (χ0) is 24.3. The predicted octanol–water partition coefficient (Wildman–Crippen LogP) is 8.90. The maximum atomic E-state index is 6.13. The van der Waals surface area contributed by atoms with Gasteiger partial charge >= 0.3 is 0 Å². The lowest BCUT2D eigenvalue weighted by atomic mass is 10.1. The second-order valence-corrected chi connectivity index (χ2v) is 9.12. The first-order chi connectivity index (χ1) is 18.3. The number of furan rings is 2. The number of aromatic nitrogens is 2. The molecule has 0 atom stereocenters. The molecule has 0 saturated carbocycles. The minimum atomic E-state index is 0.623. The topological polar surface area (TPSA) is 55.3 Å². The van der Waals surface area contributed by atoms with Gasteiger partial charge in [-0.3, -0.25) is 0 Å². The van der Waals surface area contributed by atoms with Crippen LogP contribution >= 0.6 is 0 Å². The van der Waals surface area contributed by atoms with Crippen molar-refractivity contribution in [3.63, 3.8) is 0 Å². The molecule has 0 aliphatic rings. The average Bonchev–Trinajstić information content (AvgIpc) is 3.52. The Morgan fingerprint density at radius 2 is 1.32 bits per heavy atom. The third-order valence-corrected chi connectivity index (χ3v) is 6.96. The van der Waals surface area contributed by atoms with Crippen molar-refractivity contribution in [2.24, 2.45) is 0 Å². The summed E-state index contributed by atoms with van der Waals surface area (Å²) < 4.78 is 12.2. The van der Waals surface area contributed by atoms with E-state index in [0.29, 0.717) is 11.4 Å². The Morgan fingerprint density at radius 3 is 2.30 bits per heavy atom. The van der Waals surface area contributed by atoms with Crippen LogP contribution in [0, 0.1) is 0 Å². The number of hydrogen-bond acceptors (Lipinski definition) is 5.